The van der Waals surface area contributed by atoms with Crippen LogP contribution in [0.15, 0.2) is 30.3 Å². The van der Waals surface area contributed by atoms with E-state index in [0.29, 0.717) is 24.3 Å². The van der Waals surface area contributed by atoms with Crippen LogP contribution in [0.5, 0.6) is 11.5 Å². The van der Waals surface area contributed by atoms with Crippen LogP contribution in [0.4, 0.5) is 22.7 Å². The lowest BCUT2D eigenvalue weighted by Gasteiger charge is -2.11. The third-order valence-electron chi connectivity index (χ3n) is 3.16. The minimum atomic E-state index is -0.159. The van der Waals surface area contributed by atoms with Gasteiger partial charge in [-0.15, -0.1) is 0 Å². The number of benzene rings is 2. The van der Waals surface area contributed by atoms with Gasteiger partial charge in [-0.1, -0.05) is 6.07 Å². The lowest BCUT2D eigenvalue weighted by molar-refractivity contribution is 0.403. The number of aromatic hydroxyl groups is 2. The number of rotatable bonds is 4. The number of nitrogens with one attached hydrogen (secondary N) is 1. The first-order valence-corrected chi connectivity index (χ1v) is 6.48. The second kappa shape index (κ2) is 6.38. The molecule has 2 rings (SSSR count). The fraction of sp³-hybridized carbons (Fsp3) is 0.125. The maximum absolute atomic E-state index is 9.43. The van der Waals surface area contributed by atoms with Crippen LogP contribution < -0.4 is 11.1 Å². The predicted molar refractivity (Wildman–Crippen MR) is 85.3 cm³/mol. The Balaban J connectivity index is 2.07. The van der Waals surface area contributed by atoms with E-state index in [-0.39, 0.29) is 22.9 Å². The summed E-state index contributed by atoms with van der Waals surface area (Å²) in [6, 6.07) is 7.68. The van der Waals surface area contributed by atoms with Crippen molar-refractivity contribution in [2.75, 3.05) is 17.6 Å². The van der Waals surface area contributed by atoms with Gasteiger partial charge in [-0.2, -0.15) is 0 Å². The summed E-state index contributed by atoms with van der Waals surface area (Å²) in [5.74, 6) is -0.314. The quantitative estimate of drug-likeness (QED) is 0.395. The number of phenols is 2. The van der Waals surface area contributed by atoms with Crippen molar-refractivity contribution in [3.8, 4) is 11.5 Å². The minimum Gasteiger partial charge on any atom is -0.504 e. The molecule has 6 nitrogen and oxygen atoms in total. The SMILES string of the molecule is [C-]#[N+]c1cc(N)c(NCCc2ccc(O)c(O)c2)cc1[N+]#[C-]. The lowest BCUT2D eigenvalue weighted by atomic mass is 10.1. The van der Waals surface area contributed by atoms with Gasteiger partial charge in [0.05, 0.1) is 13.1 Å². The van der Waals surface area contributed by atoms with Crippen molar-refractivity contribution in [1.29, 1.82) is 0 Å². The van der Waals surface area contributed by atoms with E-state index in [1.54, 1.807) is 12.1 Å². The molecule has 0 amide bonds. The highest BCUT2D eigenvalue weighted by atomic mass is 16.3. The molecule has 0 saturated heterocycles. The van der Waals surface area contributed by atoms with Gasteiger partial charge >= 0.3 is 0 Å². The number of hydrogen-bond acceptors (Lipinski definition) is 4. The standard InChI is InChI=1S/C16H14N4O2/c1-18-13-8-11(17)12(9-14(13)19-2)20-6-5-10-3-4-15(21)16(22)7-10/h3-4,7-9,20-22H,5-6,17H2. The van der Waals surface area contributed by atoms with E-state index in [1.807, 2.05) is 0 Å². The average molecular weight is 294 g/mol. The molecule has 0 unspecified atom stereocenters. The van der Waals surface area contributed by atoms with Crippen molar-refractivity contribution in [2.24, 2.45) is 0 Å². The summed E-state index contributed by atoms with van der Waals surface area (Å²) in [4.78, 5) is 6.58. The molecule has 6 heteroatoms. The highest BCUT2D eigenvalue weighted by Crippen LogP contribution is 2.35. The number of phenolic OH excluding ortho intramolecular Hbond substituents is 2. The Kier molecular flexibility index (Phi) is 4.36. The third-order valence-corrected chi connectivity index (χ3v) is 3.16. The van der Waals surface area contributed by atoms with Crippen LogP contribution in [-0.2, 0) is 6.42 Å². The van der Waals surface area contributed by atoms with Crippen molar-refractivity contribution in [2.45, 2.75) is 6.42 Å². The molecule has 0 saturated carbocycles. The van der Waals surface area contributed by atoms with Crippen LogP contribution >= 0.6 is 0 Å². The monoisotopic (exact) mass is 294 g/mol. The van der Waals surface area contributed by atoms with Gasteiger partial charge in [0.1, 0.15) is 0 Å². The fourth-order valence-corrected chi connectivity index (χ4v) is 1.99. The molecule has 0 aliphatic rings. The summed E-state index contributed by atoms with van der Waals surface area (Å²) in [6.07, 6.45) is 0.602. The number of nitrogens with zero attached hydrogens (tertiary/aromatic N) is 2. The van der Waals surface area contributed by atoms with Gasteiger partial charge in [0.25, 0.3) is 0 Å². The van der Waals surface area contributed by atoms with Crippen LogP contribution in [0.25, 0.3) is 9.69 Å². The van der Waals surface area contributed by atoms with Crippen molar-refractivity contribution in [3.05, 3.63) is 58.7 Å². The molecule has 0 aromatic heterocycles. The smallest absolute Gasteiger partial charge is 0.196 e. The van der Waals surface area contributed by atoms with Gasteiger partial charge < -0.3 is 21.3 Å². The Morgan fingerprint density at radius 3 is 2.32 bits per heavy atom. The second-order valence-electron chi connectivity index (χ2n) is 4.65. The van der Waals surface area contributed by atoms with Crippen molar-refractivity contribution in [3.63, 3.8) is 0 Å². The van der Waals surface area contributed by atoms with Crippen molar-refractivity contribution < 1.29 is 10.2 Å². The van der Waals surface area contributed by atoms with E-state index in [4.69, 9.17) is 18.9 Å². The van der Waals surface area contributed by atoms with Gasteiger partial charge in [0, 0.05) is 17.9 Å². The Morgan fingerprint density at radius 1 is 1.00 bits per heavy atom. The molecule has 110 valence electrons. The lowest BCUT2D eigenvalue weighted by Crippen LogP contribution is -2.06. The van der Waals surface area contributed by atoms with E-state index >= 15 is 0 Å². The molecule has 0 radical (unpaired) electrons. The van der Waals surface area contributed by atoms with Crippen LogP contribution in [0.2, 0.25) is 0 Å². The predicted octanol–water partition coefficient (Wildman–Crippen LogP) is 3.44. The van der Waals surface area contributed by atoms with Gasteiger partial charge in [0.2, 0.25) is 0 Å². The maximum Gasteiger partial charge on any atom is 0.196 e. The van der Waals surface area contributed by atoms with Gasteiger partial charge in [-0.05, 0) is 36.2 Å². The molecule has 0 atom stereocenters. The van der Waals surface area contributed by atoms with Crippen molar-refractivity contribution in [1.82, 2.24) is 0 Å². The largest absolute Gasteiger partial charge is 0.504 e. The summed E-state index contributed by atoms with van der Waals surface area (Å²) in [6.45, 7) is 14.6. The maximum atomic E-state index is 9.43. The molecular formula is C16H14N4O2. The molecule has 22 heavy (non-hydrogen) atoms. The molecule has 0 aliphatic carbocycles. The first-order chi connectivity index (χ1) is 10.5. The number of anilines is 2. The average Bonchev–Trinajstić information content (AvgIpc) is 2.52. The number of nitrogen functional groups attached to an aromatic ring is 1. The van der Waals surface area contributed by atoms with Gasteiger partial charge in [-0.3, -0.25) is 9.69 Å². The third kappa shape index (κ3) is 3.20. The van der Waals surface area contributed by atoms with Crippen molar-refractivity contribution >= 4 is 22.7 Å². The molecular weight excluding hydrogens is 280 g/mol. The molecule has 0 heterocycles. The molecule has 2 aromatic carbocycles. The molecule has 0 fully saturated rings. The molecule has 5 N–H and O–H groups in total. The highest BCUT2D eigenvalue weighted by Gasteiger charge is 2.08. The van der Waals surface area contributed by atoms with E-state index in [9.17, 15) is 10.2 Å². The summed E-state index contributed by atoms with van der Waals surface area (Å²) in [5, 5.41) is 21.8. The molecule has 0 aliphatic heterocycles. The Labute approximate surface area is 128 Å². The molecule has 0 spiro atoms. The second-order valence-corrected chi connectivity index (χ2v) is 4.65. The Bertz CT molecular complexity index is 788. The van der Waals surface area contributed by atoms with E-state index in [2.05, 4.69) is 15.0 Å². The van der Waals surface area contributed by atoms with Gasteiger partial charge in [-0.25, -0.2) is 0 Å². The van der Waals surface area contributed by atoms with Crippen LogP contribution in [-0.4, -0.2) is 16.8 Å². The van der Waals surface area contributed by atoms with Gasteiger partial charge in [0.15, 0.2) is 22.9 Å². The van der Waals surface area contributed by atoms with Crippen LogP contribution in [0, 0.1) is 13.1 Å². The zero-order valence-corrected chi connectivity index (χ0v) is 11.7. The summed E-state index contributed by atoms with van der Waals surface area (Å²) in [7, 11) is 0. The Morgan fingerprint density at radius 2 is 1.68 bits per heavy atom. The van der Waals surface area contributed by atoms with Crippen LogP contribution in [0.3, 0.4) is 0 Å². The van der Waals surface area contributed by atoms with E-state index < -0.39 is 0 Å². The minimum absolute atomic E-state index is 0.155. The zero-order chi connectivity index (χ0) is 16.1. The van der Waals surface area contributed by atoms with E-state index in [0.717, 1.165) is 5.56 Å². The normalized spacial score (nSPS) is 9.73. The fourth-order valence-electron chi connectivity index (χ4n) is 1.99. The zero-order valence-electron chi connectivity index (χ0n) is 11.7. The first-order valence-electron chi connectivity index (χ1n) is 6.48. The Hall–Kier alpha value is -3.38. The number of nitrogens with two attached hydrogens (primary N) is 1. The number of hydrogen-bond donors (Lipinski definition) is 4. The van der Waals surface area contributed by atoms with Crippen LogP contribution in [0.1, 0.15) is 5.56 Å². The molecule has 0 bridgehead atoms. The highest BCUT2D eigenvalue weighted by molar-refractivity contribution is 5.83. The topological polar surface area (TPSA) is 87.2 Å². The summed E-state index contributed by atoms with van der Waals surface area (Å²) >= 11 is 0. The summed E-state index contributed by atoms with van der Waals surface area (Å²) < 4.78 is 0. The van der Waals surface area contributed by atoms with E-state index in [1.165, 1.54) is 18.2 Å². The summed E-state index contributed by atoms with van der Waals surface area (Å²) in [5.41, 5.74) is 8.22. The molecule has 2 aromatic rings. The first kappa shape index (κ1) is 15.0.